The average Bonchev–Trinajstić information content (AvgIpc) is 2.56. The van der Waals surface area contributed by atoms with Crippen LogP contribution in [0.5, 0.6) is 0 Å². The number of aryl methyl sites for hydroxylation is 1. The highest BCUT2D eigenvalue weighted by molar-refractivity contribution is 6.31. The summed E-state index contributed by atoms with van der Waals surface area (Å²) in [4.78, 5) is 14.5. The molecule has 0 saturated carbocycles. The van der Waals surface area contributed by atoms with Gasteiger partial charge in [-0.3, -0.25) is 4.79 Å². The van der Waals surface area contributed by atoms with E-state index in [4.69, 9.17) is 21.1 Å². The molecule has 1 aromatic carbocycles. The van der Waals surface area contributed by atoms with Crippen LogP contribution in [-0.2, 0) is 11.2 Å². The molecule has 0 aliphatic rings. The van der Waals surface area contributed by atoms with Gasteiger partial charge in [-0.05, 0) is 12.1 Å². The summed E-state index contributed by atoms with van der Waals surface area (Å²) in [5.41, 5.74) is 1.28. The zero-order chi connectivity index (χ0) is 10.8. The number of hydrogen-bond acceptors (Lipinski definition) is 3. The molecule has 1 N–H and O–H groups in total. The zero-order valence-corrected chi connectivity index (χ0v) is 8.49. The first-order valence-electron chi connectivity index (χ1n) is 4.42. The maximum atomic E-state index is 10.4. The fraction of sp³-hybridized carbons (Fsp3) is 0.200. The smallest absolute Gasteiger partial charge is 0.303 e. The summed E-state index contributed by atoms with van der Waals surface area (Å²) in [7, 11) is 0. The molecule has 0 unspecified atom stereocenters. The molecule has 0 bridgehead atoms. The molecule has 5 heteroatoms. The van der Waals surface area contributed by atoms with E-state index in [1.165, 1.54) is 0 Å². The molecular formula is C10H8ClNO3. The van der Waals surface area contributed by atoms with E-state index >= 15 is 0 Å². The first-order valence-corrected chi connectivity index (χ1v) is 4.80. The second-order valence-corrected chi connectivity index (χ2v) is 3.55. The number of hydrogen-bond donors (Lipinski definition) is 1. The lowest BCUT2D eigenvalue weighted by Crippen LogP contribution is -1.97. The number of benzene rings is 1. The number of aliphatic carboxylic acids is 1. The predicted molar refractivity (Wildman–Crippen MR) is 55.0 cm³/mol. The molecule has 0 aliphatic carbocycles. The van der Waals surface area contributed by atoms with E-state index in [9.17, 15) is 4.79 Å². The summed E-state index contributed by atoms with van der Waals surface area (Å²) in [6.45, 7) is 0. The van der Waals surface area contributed by atoms with Crippen molar-refractivity contribution in [2.45, 2.75) is 12.8 Å². The Hall–Kier alpha value is -1.55. The van der Waals surface area contributed by atoms with Gasteiger partial charge in [0.15, 0.2) is 11.5 Å². The summed E-state index contributed by atoms with van der Waals surface area (Å²) in [6, 6.07) is 5.12. The Morgan fingerprint density at radius 1 is 1.53 bits per heavy atom. The van der Waals surface area contributed by atoms with E-state index in [1.807, 2.05) is 0 Å². The standard InChI is InChI=1S/C10H8ClNO3/c11-6-1-2-7-8(5-6)15-9(12-7)3-4-10(13)14/h1-2,5H,3-4H2,(H,13,14). The Labute approximate surface area is 90.5 Å². The minimum Gasteiger partial charge on any atom is -0.481 e. The molecule has 0 fully saturated rings. The number of aromatic nitrogens is 1. The maximum absolute atomic E-state index is 10.4. The van der Waals surface area contributed by atoms with Gasteiger partial charge in [0.25, 0.3) is 0 Å². The molecule has 2 aromatic rings. The number of halogens is 1. The van der Waals surface area contributed by atoms with Crippen molar-refractivity contribution in [3.63, 3.8) is 0 Å². The molecule has 1 aromatic heterocycles. The van der Waals surface area contributed by atoms with E-state index in [2.05, 4.69) is 4.98 Å². The van der Waals surface area contributed by atoms with Crippen molar-refractivity contribution in [3.8, 4) is 0 Å². The van der Waals surface area contributed by atoms with Gasteiger partial charge >= 0.3 is 5.97 Å². The Kier molecular flexibility index (Phi) is 2.60. The van der Waals surface area contributed by atoms with E-state index in [0.29, 0.717) is 28.4 Å². The third-order valence-corrected chi connectivity index (χ3v) is 2.18. The van der Waals surface area contributed by atoms with Crippen molar-refractivity contribution < 1.29 is 14.3 Å². The van der Waals surface area contributed by atoms with Crippen molar-refractivity contribution in [2.24, 2.45) is 0 Å². The number of carboxylic acid groups (broad SMARTS) is 1. The first kappa shape index (κ1) is 9.98. The quantitative estimate of drug-likeness (QED) is 0.872. The Morgan fingerprint density at radius 3 is 3.07 bits per heavy atom. The normalized spacial score (nSPS) is 10.7. The average molecular weight is 226 g/mol. The minimum absolute atomic E-state index is 0.0144. The molecule has 15 heavy (non-hydrogen) atoms. The molecule has 0 spiro atoms. The highest BCUT2D eigenvalue weighted by Crippen LogP contribution is 2.20. The lowest BCUT2D eigenvalue weighted by atomic mass is 10.3. The topological polar surface area (TPSA) is 63.3 Å². The summed E-state index contributed by atoms with van der Waals surface area (Å²) >= 11 is 5.77. The molecule has 78 valence electrons. The number of carboxylic acids is 1. The van der Waals surface area contributed by atoms with Gasteiger partial charge < -0.3 is 9.52 Å². The van der Waals surface area contributed by atoms with Gasteiger partial charge in [0.2, 0.25) is 0 Å². The van der Waals surface area contributed by atoms with Crippen LogP contribution in [0.15, 0.2) is 22.6 Å². The molecule has 0 amide bonds. The SMILES string of the molecule is O=C(O)CCc1nc2ccc(Cl)cc2o1. The van der Waals surface area contributed by atoms with Gasteiger partial charge in [0, 0.05) is 17.5 Å². The van der Waals surface area contributed by atoms with Crippen molar-refractivity contribution in [2.75, 3.05) is 0 Å². The van der Waals surface area contributed by atoms with Gasteiger partial charge in [0.1, 0.15) is 5.52 Å². The van der Waals surface area contributed by atoms with Crippen molar-refractivity contribution in [1.29, 1.82) is 0 Å². The highest BCUT2D eigenvalue weighted by atomic mass is 35.5. The number of oxazole rings is 1. The molecule has 2 rings (SSSR count). The van der Waals surface area contributed by atoms with Crippen LogP contribution >= 0.6 is 11.6 Å². The van der Waals surface area contributed by atoms with Gasteiger partial charge in [0.05, 0.1) is 6.42 Å². The van der Waals surface area contributed by atoms with E-state index < -0.39 is 5.97 Å². The van der Waals surface area contributed by atoms with E-state index in [1.54, 1.807) is 18.2 Å². The van der Waals surface area contributed by atoms with Gasteiger partial charge in [-0.15, -0.1) is 0 Å². The largest absolute Gasteiger partial charge is 0.481 e. The van der Waals surface area contributed by atoms with Crippen LogP contribution in [0.1, 0.15) is 12.3 Å². The lowest BCUT2D eigenvalue weighted by Gasteiger charge is -1.88. The lowest BCUT2D eigenvalue weighted by molar-refractivity contribution is -0.137. The zero-order valence-electron chi connectivity index (χ0n) is 7.74. The molecule has 0 aliphatic heterocycles. The van der Waals surface area contributed by atoms with Crippen LogP contribution < -0.4 is 0 Å². The highest BCUT2D eigenvalue weighted by Gasteiger charge is 2.07. The summed E-state index contributed by atoms with van der Waals surface area (Å²) in [5, 5.41) is 9.08. The molecule has 1 heterocycles. The summed E-state index contributed by atoms with van der Waals surface area (Å²) in [5.74, 6) is -0.440. The summed E-state index contributed by atoms with van der Waals surface area (Å²) < 4.78 is 5.34. The molecule has 0 saturated heterocycles. The molecule has 0 atom stereocenters. The van der Waals surface area contributed by atoms with Crippen LogP contribution in [0, 0.1) is 0 Å². The Bertz CT molecular complexity index is 506. The monoisotopic (exact) mass is 225 g/mol. The number of carbonyl (C=O) groups is 1. The third kappa shape index (κ3) is 2.27. The Balaban J connectivity index is 2.27. The third-order valence-electron chi connectivity index (χ3n) is 1.95. The second-order valence-electron chi connectivity index (χ2n) is 3.11. The molecule has 4 nitrogen and oxygen atoms in total. The van der Waals surface area contributed by atoms with Crippen LogP contribution in [-0.4, -0.2) is 16.1 Å². The molecule has 0 radical (unpaired) electrons. The van der Waals surface area contributed by atoms with Crippen molar-refractivity contribution >= 4 is 28.7 Å². The van der Waals surface area contributed by atoms with E-state index in [0.717, 1.165) is 0 Å². The summed E-state index contributed by atoms with van der Waals surface area (Å²) in [6.07, 6.45) is 0.308. The maximum Gasteiger partial charge on any atom is 0.303 e. The van der Waals surface area contributed by atoms with E-state index in [-0.39, 0.29) is 6.42 Å². The van der Waals surface area contributed by atoms with Crippen molar-refractivity contribution in [1.82, 2.24) is 4.98 Å². The van der Waals surface area contributed by atoms with Gasteiger partial charge in [-0.25, -0.2) is 4.98 Å². The number of fused-ring (bicyclic) bond motifs is 1. The second kappa shape index (κ2) is 3.90. The van der Waals surface area contributed by atoms with Crippen LogP contribution in [0.2, 0.25) is 5.02 Å². The fourth-order valence-corrected chi connectivity index (χ4v) is 1.43. The van der Waals surface area contributed by atoms with Crippen molar-refractivity contribution in [3.05, 3.63) is 29.1 Å². The Morgan fingerprint density at radius 2 is 2.33 bits per heavy atom. The number of rotatable bonds is 3. The van der Waals surface area contributed by atoms with Gasteiger partial charge in [-0.1, -0.05) is 11.6 Å². The van der Waals surface area contributed by atoms with Crippen LogP contribution in [0.25, 0.3) is 11.1 Å². The first-order chi connectivity index (χ1) is 7.15. The van der Waals surface area contributed by atoms with Crippen LogP contribution in [0.3, 0.4) is 0 Å². The fourth-order valence-electron chi connectivity index (χ4n) is 1.27. The predicted octanol–water partition coefficient (Wildman–Crippen LogP) is 2.50. The molecular weight excluding hydrogens is 218 g/mol. The minimum atomic E-state index is -0.865. The van der Waals surface area contributed by atoms with Gasteiger partial charge in [-0.2, -0.15) is 0 Å². The number of nitrogens with zero attached hydrogens (tertiary/aromatic N) is 1. The van der Waals surface area contributed by atoms with Crippen LogP contribution in [0.4, 0.5) is 0 Å².